The molecule has 0 saturated carbocycles. The van der Waals surface area contributed by atoms with E-state index in [-0.39, 0.29) is 0 Å². The summed E-state index contributed by atoms with van der Waals surface area (Å²) < 4.78 is 11.5. The monoisotopic (exact) mass is 437 g/mol. The van der Waals surface area contributed by atoms with Gasteiger partial charge in [-0.2, -0.15) is 0 Å². The van der Waals surface area contributed by atoms with Crippen molar-refractivity contribution in [1.29, 1.82) is 0 Å². The second-order valence-electron chi connectivity index (χ2n) is 8.24. The molecule has 7 nitrogen and oxygen atoms in total. The number of likely N-dealkylation sites (N-methyl/N-ethyl adjacent to an activating group) is 1. The van der Waals surface area contributed by atoms with E-state index >= 15 is 0 Å². The zero-order valence-corrected chi connectivity index (χ0v) is 19.3. The van der Waals surface area contributed by atoms with Crippen LogP contribution in [0.5, 0.6) is 11.5 Å². The topological polar surface area (TPSA) is 61.4 Å². The van der Waals surface area contributed by atoms with E-state index in [1.807, 2.05) is 18.2 Å². The molecular formula is C25H35N5O2. The van der Waals surface area contributed by atoms with E-state index in [1.165, 1.54) is 11.1 Å². The van der Waals surface area contributed by atoms with Gasteiger partial charge in [-0.05, 0) is 29.8 Å². The molecule has 0 spiro atoms. The standard InChI is InChI=1S/C25H35N5O2/c1-3-29-11-13-30(14-12-29)19-21-8-5-4-7-20(21)18-27-25(26-2)28-22-9-10-23-24(17-22)32-16-6-15-31-23/h4-5,7-10,17H,3,6,11-16,18-19H2,1-2H3,(H2,26,27,28). The Labute approximate surface area is 191 Å². The van der Waals surface area contributed by atoms with Crippen molar-refractivity contribution in [3.63, 3.8) is 0 Å². The number of guanidine groups is 1. The van der Waals surface area contributed by atoms with E-state index < -0.39 is 0 Å². The Kier molecular flexibility index (Phi) is 7.85. The summed E-state index contributed by atoms with van der Waals surface area (Å²) in [5.41, 5.74) is 3.59. The van der Waals surface area contributed by atoms with Gasteiger partial charge in [0.25, 0.3) is 0 Å². The maximum atomic E-state index is 5.80. The third-order valence-corrected chi connectivity index (χ3v) is 6.10. The van der Waals surface area contributed by atoms with Gasteiger partial charge in [0.2, 0.25) is 0 Å². The first-order valence-corrected chi connectivity index (χ1v) is 11.6. The minimum absolute atomic E-state index is 0.674. The highest BCUT2D eigenvalue weighted by Gasteiger charge is 2.17. The summed E-state index contributed by atoms with van der Waals surface area (Å²) in [4.78, 5) is 9.46. The van der Waals surface area contributed by atoms with Gasteiger partial charge in [-0.15, -0.1) is 0 Å². The van der Waals surface area contributed by atoms with Crippen molar-refractivity contribution < 1.29 is 9.47 Å². The number of nitrogens with one attached hydrogen (secondary N) is 2. The van der Waals surface area contributed by atoms with Crippen LogP contribution in [0, 0.1) is 0 Å². The number of hydrogen-bond acceptors (Lipinski definition) is 5. The Bertz CT molecular complexity index is 909. The van der Waals surface area contributed by atoms with Gasteiger partial charge < -0.3 is 25.0 Å². The number of hydrogen-bond donors (Lipinski definition) is 2. The number of rotatable bonds is 6. The zero-order valence-electron chi connectivity index (χ0n) is 19.3. The minimum atomic E-state index is 0.674. The molecule has 2 heterocycles. The molecule has 2 aromatic carbocycles. The molecule has 0 bridgehead atoms. The summed E-state index contributed by atoms with van der Waals surface area (Å²) in [6.07, 6.45) is 0.897. The highest BCUT2D eigenvalue weighted by atomic mass is 16.5. The number of benzene rings is 2. The van der Waals surface area contributed by atoms with E-state index in [4.69, 9.17) is 9.47 Å². The average Bonchev–Trinajstić information content (AvgIpc) is 3.08. The SMILES string of the molecule is CCN1CCN(Cc2ccccc2CNC(=NC)Nc2ccc3c(c2)OCCCO3)CC1. The van der Waals surface area contributed by atoms with Crippen molar-refractivity contribution in [3.8, 4) is 11.5 Å². The molecule has 7 heteroatoms. The van der Waals surface area contributed by atoms with Crippen LogP contribution in [0.25, 0.3) is 0 Å². The molecule has 0 aliphatic carbocycles. The maximum Gasteiger partial charge on any atom is 0.195 e. The lowest BCUT2D eigenvalue weighted by molar-refractivity contribution is 0.131. The van der Waals surface area contributed by atoms with E-state index in [9.17, 15) is 0 Å². The first-order valence-electron chi connectivity index (χ1n) is 11.6. The van der Waals surface area contributed by atoms with Crippen molar-refractivity contribution in [2.45, 2.75) is 26.4 Å². The molecule has 32 heavy (non-hydrogen) atoms. The number of nitrogens with zero attached hydrogens (tertiary/aromatic N) is 3. The van der Waals surface area contributed by atoms with E-state index in [0.29, 0.717) is 13.2 Å². The van der Waals surface area contributed by atoms with Crippen LogP contribution in [0.2, 0.25) is 0 Å². The smallest absolute Gasteiger partial charge is 0.195 e. The Balaban J connectivity index is 1.35. The number of fused-ring (bicyclic) bond motifs is 1. The number of piperazine rings is 1. The molecule has 0 amide bonds. The fourth-order valence-corrected chi connectivity index (χ4v) is 4.12. The lowest BCUT2D eigenvalue weighted by atomic mass is 10.1. The second kappa shape index (κ2) is 11.2. The lowest BCUT2D eigenvalue weighted by Crippen LogP contribution is -2.45. The van der Waals surface area contributed by atoms with Gasteiger partial charge in [0.15, 0.2) is 17.5 Å². The van der Waals surface area contributed by atoms with Crippen LogP contribution in [-0.2, 0) is 13.1 Å². The Morgan fingerprint density at radius 2 is 1.66 bits per heavy atom. The van der Waals surface area contributed by atoms with Crippen LogP contribution in [0.3, 0.4) is 0 Å². The van der Waals surface area contributed by atoms with Gasteiger partial charge in [-0.3, -0.25) is 9.89 Å². The number of anilines is 1. The number of aliphatic imine (C=N–C) groups is 1. The molecule has 1 fully saturated rings. The van der Waals surface area contributed by atoms with Gasteiger partial charge >= 0.3 is 0 Å². The van der Waals surface area contributed by atoms with Gasteiger partial charge in [0, 0.05) is 64.5 Å². The molecule has 172 valence electrons. The summed E-state index contributed by atoms with van der Waals surface area (Å²) >= 11 is 0. The molecule has 2 aliphatic heterocycles. The van der Waals surface area contributed by atoms with Crippen LogP contribution in [-0.4, -0.2) is 68.7 Å². The fraction of sp³-hybridized carbons (Fsp3) is 0.480. The molecule has 0 aromatic heterocycles. The Morgan fingerprint density at radius 3 is 2.41 bits per heavy atom. The molecule has 4 rings (SSSR count). The zero-order chi connectivity index (χ0) is 22.2. The van der Waals surface area contributed by atoms with Crippen molar-refractivity contribution >= 4 is 11.6 Å². The Morgan fingerprint density at radius 1 is 0.938 bits per heavy atom. The number of ether oxygens (including phenoxy) is 2. The third kappa shape index (κ3) is 5.93. The molecule has 2 aliphatic rings. The lowest BCUT2D eigenvalue weighted by Gasteiger charge is -2.34. The van der Waals surface area contributed by atoms with Crippen LogP contribution in [0.15, 0.2) is 47.5 Å². The molecule has 0 radical (unpaired) electrons. The molecule has 0 atom stereocenters. The van der Waals surface area contributed by atoms with Crippen molar-refractivity contribution in [1.82, 2.24) is 15.1 Å². The summed E-state index contributed by atoms with van der Waals surface area (Å²) in [6, 6.07) is 14.6. The predicted molar refractivity (Wildman–Crippen MR) is 130 cm³/mol. The van der Waals surface area contributed by atoms with Crippen LogP contribution in [0.4, 0.5) is 5.69 Å². The summed E-state index contributed by atoms with van der Waals surface area (Å²) in [7, 11) is 1.79. The quantitative estimate of drug-likeness (QED) is 0.535. The largest absolute Gasteiger partial charge is 0.490 e. The highest BCUT2D eigenvalue weighted by Crippen LogP contribution is 2.32. The van der Waals surface area contributed by atoms with Gasteiger partial charge in [0.05, 0.1) is 13.2 Å². The summed E-state index contributed by atoms with van der Waals surface area (Å²) in [5.74, 6) is 2.30. The van der Waals surface area contributed by atoms with Gasteiger partial charge in [-0.1, -0.05) is 31.2 Å². The van der Waals surface area contributed by atoms with Crippen LogP contribution in [0.1, 0.15) is 24.5 Å². The first kappa shape index (κ1) is 22.4. The highest BCUT2D eigenvalue weighted by molar-refractivity contribution is 5.93. The first-order chi connectivity index (χ1) is 15.7. The molecular weight excluding hydrogens is 402 g/mol. The Hall–Kier alpha value is -2.77. The summed E-state index contributed by atoms with van der Waals surface area (Å²) in [5, 5.41) is 6.83. The molecule has 1 saturated heterocycles. The third-order valence-electron chi connectivity index (χ3n) is 6.10. The van der Waals surface area contributed by atoms with Crippen LogP contribution < -0.4 is 20.1 Å². The van der Waals surface area contributed by atoms with E-state index in [1.54, 1.807) is 7.05 Å². The average molecular weight is 438 g/mol. The van der Waals surface area contributed by atoms with Gasteiger partial charge in [0.1, 0.15) is 0 Å². The fourth-order valence-electron chi connectivity index (χ4n) is 4.12. The van der Waals surface area contributed by atoms with E-state index in [2.05, 4.69) is 56.6 Å². The maximum absolute atomic E-state index is 5.80. The molecule has 0 unspecified atom stereocenters. The van der Waals surface area contributed by atoms with Gasteiger partial charge in [-0.25, -0.2) is 0 Å². The van der Waals surface area contributed by atoms with Crippen molar-refractivity contribution in [2.24, 2.45) is 4.99 Å². The molecule has 2 aromatic rings. The minimum Gasteiger partial charge on any atom is -0.490 e. The van der Waals surface area contributed by atoms with Crippen LogP contribution >= 0.6 is 0 Å². The second-order valence-corrected chi connectivity index (χ2v) is 8.24. The predicted octanol–water partition coefficient (Wildman–Crippen LogP) is 3.17. The summed E-state index contributed by atoms with van der Waals surface area (Å²) in [6.45, 7) is 11.0. The normalized spacial score (nSPS) is 17.6. The van der Waals surface area contributed by atoms with Crippen molar-refractivity contribution in [2.75, 3.05) is 58.3 Å². The molecule has 2 N–H and O–H groups in total. The van der Waals surface area contributed by atoms with E-state index in [0.717, 1.165) is 75.4 Å². The van der Waals surface area contributed by atoms with Crippen molar-refractivity contribution in [3.05, 3.63) is 53.6 Å².